The molecule has 2 aliphatic rings. The second kappa shape index (κ2) is 5.87. The molecule has 5 heteroatoms. The maximum Gasteiger partial charge on any atom is 0.317 e. The first-order valence-electron chi connectivity index (χ1n) is 8.67. The monoisotopic (exact) mass is 312 g/mol. The average molecular weight is 312 g/mol. The number of carbonyl (C=O) groups excluding carboxylic acids is 1. The van der Waals surface area contributed by atoms with Crippen molar-refractivity contribution < 1.29 is 4.79 Å². The number of nitrogens with one attached hydrogen (secondary N) is 1. The number of urea groups is 1. The van der Waals surface area contributed by atoms with Gasteiger partial charge in [-0.05, 0) is 43.7 Å². The molecule has 1 aromatic heterocycles. The lowest BCUT2D eigenvalue weighted by Crippen LogP contribution is -2.51. The number of hydrogen-bond donors (Lipinski definition) is 1. The van der Waals surface area contributed by atoms with Crippen molar-refractivity contribution >= 4 is 17.1 Å². The Bertz CT molecular complexity index is 704. The van der Waals surface area contributed by atoms with Gasteiger partial charge in [-0.2, -0.15) is 0 Å². The van der Waals surface area contributed by atoms with E-state index in [0.29, 0.717) is 12.1 Å². The number of carbonyl (C=O) groups is 1. The lowest BCUT2D eigenvalue weighted by atomic mass is 9.82. The van der Waals surface area contributed by atoms with Crippen LogP contribution in [0.3, 0.4) is 0 Å². The van der Waals surface area contributed by atoms with E-state index in [1.54, 1.807) is 0 Å². The molecule has 23 heavy (non-hydrogen) atoms. The number of rotatable bonds is 2. The van der Waals surface area contributed by atoms with Crippen molar-refractivity contribution in [1.29, 1.82) is 0 Å². The highest BCUT2D eigenvalue weighted by atomic mass is 16.2. The number of imidazole rings is 1. The third-order valence-electron chi connectivity index (χ3n) is 5.26. The molecule has 2 amide bonds. The fourth-order valence-corrected chi connectivity index (χ4v) is 3.92. The van der Waals surface area contributed by atoms with Crippen LogP contribution in [0.1, 0.15) is 38.6 Å². The average Bonchev–Trinajstić information content (AvgIpc) is 2.97. The van der Waals surface area contributed by atoms with Gasteiger partial charge in [0.25, 0.3) is 0 Å². The molecule has 1 atom stereocenters. The molecule has 1 aliphatic carbocycles. The van der Waals surface area contributed by atoms with E-state index in [0.717, 1.165) is 55.7 Å². The van der Waals surface area contributed by atoms with Crippen LogP contribution in [0, 0.1) is 5.92 Å². The van der Waals surface area contributed by atoms with Gasteiger partial charge in [-0.25, -0.2) is 9.78 Å². The van der Waals surface area contributed by atoms with Crippen molar-refractivity contribution in [2.24, 2.45) is 5.92 Å². The van der Waals surface area contributed by atoms with E-state index in [1.165, 1.54) is 0 Å². The minimum atomic E-state index is 0.107. The van der Waals surface area contributed by atoms with Crippen LogP contribution in [0.25, 0.3) is 11.0 Å². The lowest BCUT2D eigenvalue weighted by Gasteiger charge is -2.38. The van der Waals surface area contributed by atoms with Gasteiger partial charge in [0.05, 0.1) is 23.4 Å². The molecular formula is C18H24N4O. The van der Waals surface area contributed by atoms with Crippen LogP contribution < -0.4 is 5.32 Å². The number of piperidine rings is 1. The zero-order chi connectivity index (χ0) is 15.8. The SMILES string of the molecule is CC1CC(NC(=O)N2CCCC(n3cnc4ccccc43)C2)C1. The van der Waals surface area contributed by atoms with E-state index in [-0.39, 0.29) is 6.03 Å². The maximum absolute atomic E-state index is 12.5. The summed E-state index contributed by atoms with van der Waals surface area (Å²) in [4.78, 5) is 18.9. The topological polar surface area (TPSA) is 50.2 Å². The van der Waals surface area contributed by atoms with Crippen molar-refractivity contribution in [3.8, 4) is 0 Å². The fraction of sp³-hybridized carbons (Fsp3) is 0.556. The highest BCUT2D eigenvalue weighted by Gasteiger charge is 2.30. The van der Waals surface area contributed by atoms with E-state index in [4.69, 9.17) is 0 Å². The molecule has 1 aliphatic heterocycles. The van der Waals surface area contributed by atoms with Gasteiger partial charge < -0.3 is 14.8 Å². The summed E-state index contributed by atoms with van der Waals surface area (Å²) < 4.78 is 2.24. The second-order valence-electron chi connectivity index (χ2n) is 7.11. The normalized spacial score (nSPS) is 27.7. The van der Waals surface area contributed by atoms with Crippen molar-refractivity contribution in [1.82, 2.24) is 19.8 Å². The van der Waals surface area contributed by atoms with Crippen molar-refractivity contribution in [3.63, 3.8) is 0 Å². The van der Waals surface area contributed by atoms with E-state index in [9.17, 15) is 4.79 Å². The Balaban J connectivity index is 1.45. The number of likely N-dealkylation sites (tertiary alicyclic amines) is 1. The van der Waals surface area contributed by atoms with Gasteiger partial charge in [0.2, 0.25) is 0 Å². The first kappa shape index (κ1) is 14.5. The summed E-state index contributed by atoms with van der Waals surface area (Å²) in [7, 11) is 0. The van der Waals surface area contributed by atoms with Gasteiger partial charge in [-0.15, -0.1) is 0 Å². The summed E-state index contributed by atoms with van der Waals surface area (Å²) in [6.07, 6.45) is 6.31. The van der Waals surface area contributed by atoms with Crippen LogP contribution in [0.4, 0.5) is 4.79 Å². The van der Waals surface area contributed by atoms with Gasteiger partial charge in [0.15, 0.2) is 0 Å². The summed E-state index contributed by atoms with van der Waals surface area (Å²) in [5.41, 5.74) is 2.19. The summed E-state index contributed by atoms with van der Waals surface area (Å²) in [5, 5.41) is 3.18. The number of aromatic nitrogens is 2. The molecule has 2 heterocycles. The zero-order valence-corrected chi connectivity index (χ0v) is 13.6. The first-order chi connectivity index (χ1) is 11.2. The van der Waals surface area contributed by atoms with Crippen LogP contribution in [0.5, 0.6) is 0 Å². The molecule has 0 radical (unpaired) electrons. The molecule has 2 fully saturated rings. The number of para-hydroxylation sites is 2. The number of hydrogen-bond acceptors (Lipinski definition) is 2. The minimum absolute atomic E-state index is 0.107. The van der Waals surface area contributed by atoms with Crippen molar-refractivity contribution in [2.75, 3.05) is 13.1 Å². The molecule has 0 spiro atoms. The Labute approximate surface area is 136 Å². The molecule has 1 N–H and O–H groups in total. The standard InChI is InChI=1S/C18H24N4O/c1-13-9-14(10-13)20-18(23)21-8-4-5-15(11-21)22-12-19-16-6-2-3-7-17(16)22/h2-3,6-7,12-15H,4-5,8-11H2,1H3,(H,20,23). The minimum Gasteiger partial charge on any atom is -0.335 e. The predicted molar refractivity (Wildman–Crippen MR) is 90.3 cm³/mol. The number of fused-ring (bicyclic) bond motifs is 1. The van der Waals surface area contributed by atoms with Crippen LogP contribution >= 0.6 is 0 Å². The molecule has 1 unspecified atom stereocenters. The third-order valence-corrected chi connectivity index (χ3v) is 5.26. The molecule has 122 valence electrons. The molecule has 0 bridgehead atoms. The summed E-state index contributed by atoms with van der Waals surface area (Å²) >= 11 is 0. The van der Waals surface area contributed by atoms with Crippen molar-refractivity contribution in [3.05, 3.63) is 30.6 Å². The zero-order valence-electron chi connectivity index (χ0n) is 13.6. The predicted octanol–water partition coefficient (Wildman–Crippen LogP) is 3.18. The third kappa shape index (κ3) is 2.80. The quantitative estimate of drug-likeness (QED) is 0.926. The van der Waals surface area contributed by atoms with E-state index < -0.39 is 0 Å². The summed E-state index contributed by atoms with van der Waals surface area (Å²) in [6.45, 7) is 3.87. The molecular weight excluding hydrogens is 288 g/mol. The summed E-state index contributed by atoms with van der Waals surface area (Å²) in [5.74, 6) is 0.756. The number of amides is 2. The lowest BCUT2D eigenvalue weighted by molar-refractivity contribution is 0.152. The van der Waals surface area contributed by atoms with Crippen LogP contribution in [0.2, 0.25) is 0 Å². The van der Waals surface area contributed by atoms with Crippen LogP contribution in [-0.4, -0.2) is 39.6 Å². The van der Waals surface area contributed by atoms with Crippen LogP contribution in [0.15, 0.2) is 30.6 Å². The summed E-state index contributed by atoms with van der Waals surface area (Å²) in [6, 6.07) is 9.02. The van der Waals surface area contributed by atoms with E-state index in [1.807, 2.05) is 29.4 Å². The highest BCUT2D eigenvalue weighted by Crippen LogP contribution is 2.28. The largest absolute Gasteiger partial charge is 0.335 e. The molecule has 1 saturated carbocycles. The Morgan fingerprint density at radius 1 is 1.30 bits per heavy atom. The number of benzene rings is 1. The van der Waals surface area contributed by atoms with Gasteiger partial charge in [-0.3, -0.25) is 0 Å². The first-order valence-corrected chi connectivity index (χ1v) is 8.67. The molecule has 1 aromatic carbocycles. The van der Waals surface area contributed by atoms with Gasteiger partial charge in [0, 0.05) is 19.1 Å². The fourth-order valence-electron chi connectivity index (χ4n) is 3.92. The maximum atomic E-state index is 12.5. The molecule has 2 aromatic rings. The Kier molecular flexibility index (Phi) is 3.71. The molecule has 1 saturated heterocycles. The van der Waals surface area contributed by atoms with Gasteiger partial charge in [-0.1, -0.05) is 19.1 Å². The van der Waals surface area contributed by atoms with Gasteiger partial charge in [0.1, 0.15) is 0 Å². The number of nitrogens with zero attached hydrogens (tertiary/aromatic N) is 3. The van der Waals surface area contributed by atoms with Crippen LogP contribution in [-0.2, 0) is 0 Å². The highest BCUT2D eigenvalue weighted by molar-refractivity contribution is 5.76. The Morgan fingerprint density at radius 3 is 2.96 bits per heavy atom. The molecule has 5 nitrogen and oxygen atoms in total. The van der Waals surface area contributed by atoms with Crippen molar-refractivity contribution in [2.45, 2.75) is 44.7 Å². The van der Waals surface area contributed by atoms with Gasteiger partial charge >= 0.3 is 6.03 Å². The van der Waals surface area contributed by atoms with E-state index >= 15 is 0 Å². The Hall–Kier alpha value is -2.04. The Morgan fingerprint density at radius 2 is 2.13 bits per heavy atom. The molecule has 4 rings (SSSR count). The second-order valence-corrected chi connectivity index (χ2v) is 7.11. The smallest absolute Gasteiger partial charge is 0.317 e. The van der Waals surface area contributed by atoms with E-state index in [2.05, 4.69) is 27.9 Å².